The van der Waals surface area contributed by atoms with Gasteiger partial charge < -0.3 is 15.3 Å². The van der Waals surface area contributed by atoms with Crippen molar-refractivity contribution in [3.05, 3.63) is 0 Å². The molecule has 1 aliphatic carbocycles. The summed E-state index contributed by atoms with van der Waals surface area (Å²) in [5.74, 6) is 0.702. The average Bonchev–Trinajstić information content (AvgIpc) is 2.49. The third-order valence-electron chi connectivity index (χ3n) is 3.63. The molecule has 4 heteroatoms. The van der Waals surface area contributed by atoms with Crippen LogP contribution in [-0.2, 0) is 4.79 Å². The van der Waals surface area contributed by atoms with Gasteiger partial charge in [0.25, 0.3) is 0 Å². The van der Waals surface area contributed by atoms with Crippen molar-refractivity contribution in [2.45, 2.75) is 25.4 Å². The summed E-state index contributed by atoms with van der Waals surface area (Å²) in [6.45, 7) is 2.35. The van der Waals surface area contributed by atoms with Crippen molar-refractivity contribution in [1.29, 1.82) is 0 Å². The van der Waals surface area contributed by atoms with Gasteiger partial charge in [-0.2, -0.15) is 0 Å². The van der Waals surface area contributed by atoms with E-state index in [0.29, 0.717) is 5.92 Å². The number of hydrogen-bond acceptors (Lipinski definition) is 3. The highest BCUT2D eigenvalue weighted by Crippen LogP contribution is 2.26. The highest BCUT2D eigenvalue weighted by atomic mass is 16.3. The molecule has 1 saturated carbocycles. The molecule has 86 valence electrons. The molecule has 2 fully saturated rings. The van der Waals surface area contributed by atoms with Gasteiger partial charge in [-0.05, 0) is 12.8 Å². The molecule has 2 N–H and O–H groups in total. The van der Waals surface area contributed by atoms with Gasteiger partial charge in [0.1, 0.15) is 0 Å². The molecule has 2 atom stereocenters. The first-order valence-corrected chi connectivity index (χ1v) is 5.82. The van der Waals surface area contributed by atoms with Crippen LogP contribution in [0.5, 0.6) is 0 Å². The van der Waals surface area contributed by atoms with E-state index < -0.39 is 0 Å². The zero-order valence-electron chi connectivity index (χ0n) is 9.28. The summed E-state index contributed by atoms with van der Waals surface area (Å²) in [4.78, 5) is 13.6. The Morgan fingerprint density at radius 1 is 1.47 bits per heavy atom. The van der Waals surface area contributed by atoms with Gasteiger partial charge >= 0.3 is 0 Å². The van der Waals surface area contributed by atoms with E-state index in [2.05, 4.69) is 5.32 Å². The number of rotatable bonds is 3. The Morgan fingerprint density at radius 2 is 2.20 bits per heavy atom. The lowest BCUT2D eigenvalue weighted by atomic mass is 10.00. The number of aliphatic hydroxyl groups excluding tert-OH is 1. The molecular weight excluding hydrogens is 192 g/mol. The van der Waals surface area contributed by atoms with E-state index in [4.69, 9.17) is 0 Å². The summed E-state index contributed by atoms with van der Waals surface area (Å²) < 4.78 is 0. The Bertz CT molecular complexity index is 241. The largest absolute Gasteiger partial charge is 0.393 e. The van der Waals surface area contributed by atoms with Gasteiger partial charge in [-0.25, -0.2) is 0 Å². The molecule has 1 aliphatic heterocycles. The second-order valence-corrected chi connectivity index (χ2v) is 4.83. The summed E-state index contributed by atoms with van der Waals surface area (Å²) in [5, 5.41) is 12.8. The van der Waals surface area contributed by atoms with Crippen molar-refractivity contribution in [1.82, 2.24) is 10.2 Å². The maximum absolute atomic E-state index is 11.8. The quantitative estimate of drug-likeness (QED) is 0.682. The fourth-order valence-electron chi connectivity index (χ4n) is 2.45. The number of hydrogen-bond donors (Lipinski definition) is 2. The van der Waals surface area contributed by atoms with Gasteiger partial charge in [0.05, 0.1) is 12.0 Å². The first kappa shape index (κ1) is 10.9. The van der Waals surface area contributed by atoms with E-state index in [0.717, 1.165) is 38.9 Å². The predicted octanol–water partition coefficient (Wildman–Crippen LogP) is -0.175. The molecule has 0 bridgehead atoms. The standard InChI is InChI=1S/C11H20N2O2/c1-13(11(15)9-5-12-6-9)7-8-3-2-4-10(8)14/h8-10,12,14H,2-7H2,1H3. The normalized spacial score (nSPS) is 31.3. The van der Waals surface area contributed by atoms with Crippen molar-refractivity contribution in [3.8, 4) is 0 Å². The lowest BCUT2D eigenvalue weighted by Crippen LogP contribution is -2.52. The number of nitrogens with zero attached hydrogens (tertiary/aromatic N) is 1. The molecule has 0 spiro atoms. The third-order valence-corrected chi connectivity index (χ3v) is 3.63. The first-order valence-electron chi connectivity index (χ1n) is 5.82. The van der Waals surface area contributed by atoms with Crippen LogP contribution in [0.1, 0.15) is 19.3 Å². The summed E-state index contributed by atoms with van der Waals surface area (Å²) in [6, 6.07) is 0. The van der Waals surface area contributed by atoms with E-state index in [-0.39, 0.29) is 17.9 Å². The molecule has 4 nitrogen and oxygen atoms in total. The van der Waals surface area contributed by atoms with Gasteiger partial charge in [-0.3, -0.25) is 4.79 Å². The number of aliphatic hydroxyl groups is 1. The van der Waals surface area contributed by atoms with Crippen LogP contribution in [0.25, 0.3) is 0 Å². The Morgan fingerprint density at radius 3 is 2.67 bits per heavy atom. The maximum Gasteiger partial charge on any atom is 0.228 e. The molecular formula is C11H20N2O2. The van der Waals surface area contributed by atoms with Crippen LogP contribution >= 0.6 is 0 Å². The summed E-state index contributed by atoms with van der Waals surface area (Å²) in [6.07, 6.45) is 2.86. The topological polar surface area (TPSA) is 52.6 Å². The van der Waals surface area contributed by atoms with Gasteiger partial charge in [0.15, 0.2) is 0 Å². The van der Waals surface area contributed by atoms with E-state index >= 15 is 0 Å². The molecule has 15 heavy (non-hydrogen) atoms. The minimum absolute atomic E-state index is 0.175. The third kappa shape index (κ3) is 2.32. The molecule has 0 radical (unpaired) electrons. The van der Waals surface area contributed by atoms with Crippen molar-refractivity contribution in [2.75, 3.05) is 26.7 Å². The number of nitrogens with one attached hydrogen (secondary N) is 1. The van der Waals surface area contributed by atoms with Crippen LogP contribution in [0.3, 0.4) is 0 Å². The van der Waals surface area contributed by atoms with Gasteiger partial charge in [0.2, 0.25) is 5.91 Å². The predicted molar refractivity (Wildman–Crippen MR) is 57.3 cm³/mol. The molecule has 0 aromatic heterocycles. The second kappa shape index (κ2) is 4.49. The zero-order valence-corrected chi connectivity index (χ0v) is 9.28. The lowest BCUT2D eigenvalue weighted by Gasteiger charge is -2.32. The molecule has 0 aromatic rings. The maximum atomic E-state index is 11.8. The fraction of sp³-hybridized carbons (Fsp3) is 0.909. The lowest BCUT2D eigenvalue weighted by molar-refractivity contribution is -0.136. The molecule has 1 heterocycles. The van der Waals surface area contributed by atoms with Crippen molar-refractivity contribution >= 4 is 5.91 Å². The highest BCUT2D eigenvalue weighted by molar-refractivity contribution is 5.79. The Kier molecular flexibility index (Phi) is 3.26. The van der Waals surface area contributed by atoms with E-state index in [1.807, 2.05) is 7.05 Å². The molecule has 2 aliphatic rings. The molecule has 2 unspecified atom stereocenters. The second-order valence-electron chi connectivity index (χ2n) is 4.83. The van der Waals surface area contributed by atoms with Crippen LogP contribution in [0, 0.1) is 11.8 Å². The van der Waals surface area contributed by atoms with Gasteiger partial charge in [-0.15, -0.1) is 0 Å². The van der Waals surface area contributed by atoms with E-state index in [9.17, 15) is 9.90 Å². The Hall–Kier alpha value is -0.610. The monoisotopic (exact) mass is 212 g/mol. The van der Waals surface area contributed by atoms with Crippen molar-refractivity contribution in [2.24, 2.45) is 11.8 Å². The number of carbonyl (C=O) groups is 1. The summed E-state index contributed by atoms with van der Waals surface area (Å²) >= 11 is 0. The Labute approximate surface area is 90.6 Å². The molecule has 0 aromatic carbocycles. The molecule has 1 amide bonds. The van der Waals surface area contributed by atoms with Crippen LogP contribution in [-0.4, -0.2) is 48.7 Å². The summed E-state index contributed by atoms with van der Waals surface area (Å²) in [7, 11) is 1.85. The smallest absolute Gasteiger partial charge is 0.228 e. The zero-order chi connectivity index (χ0) is 10.8. The first-order chi connectivity index (χ1) is 7.18. The number of amides is 1. The van der Waals surface area contributed by atoms with Crippen LogP contribution in [0.15, 0.2) is 0 Å². The van der Waals surface area contributed by atoms with Crippen molar-refractivity contribution < 1.29 is 9.90 Å². The van der Waals surface area contributed by atoms with Crippen LogP contribution < -0.4 is 5.32 Å². The summed E-state index contributed by atoms with van der Waals surface area (Å²) in [5.41, 5.74) is 0. The van der Waals surface area contributed by atoms with Crippen molar-refractivity contribution in [3.63, 3.8) is 0 Å². The molecule has 2 rings (SSSR count). The average molecular weight is 212 g/mol. The highest BCUT2D eigenvalue weighted by Gasteiger charge is 2.31. The number of carbonyl (C=O) groups excluding carboxylic acids is 1. The van der Waals surface area contributed by atoms with Gasteiger partial charge in [-0.1, -0.05) is 6.42 Å². The van der Waals surface area contributed by atoms with E-state index in [1.165, 1.54) is 0 Å². The van der Waals surface area contributed by atoms with Gasteiger partial charge in [0, 0.05) is 32.6 Å². The molecule has 1 saturated heterocycles. The van der Waals surface area contributed by atoms with Crippen LogP contribution in [0.2, 0.25) is 0 Å². The minimum atomic E-state index is -0.195. The fourth-order valence-corrected chi connectivity index (χ4v) is 2.45. The van der Waals surface area contributed by atoms with Crippen LogP contribution in [0.4, 0.5) is 0 Å². The SMILES string of the molecule is CN(CC1CCCC1O)C(=O)C1CNC1. The minimum Gasteiger partial charge on any atom is -0.393 e. The van der Waals surface area contributed by atoms with E-state index in [1.54, 1.807) is 4.90 Å². The Balaban J connectivity index is 1.80.